The van der Waals surface area contributed by atoms with Gasteiger partial charge in [0.1, 0.15) is 0 Å². The summed E-state index contributed by atoms with van der Waals surface area (Å²) in [5.74, 6) is -0.850. The van der Waals surface area contributed by atoms with E-state index in [9.17, 15) is 4.79 Å². The number of hydrogen-bond acceptors (Lipinski definition) is 1. The molecule has 0 radical (unpaired) electrons. The van der Waals surface area contributed by atoms with Crippen LogP contribution >= 0.6 is 15.9 Å². The second-order valence-electron chi connectivity index (χ2n) is 2.09. The minimum atomic E-state index is -0.850. The summed E-state index contributed by atoms with van der Waals surface area (Å²) in [6, 6.07) is 0. The van der Waals surface area contributed by atoms with Gasteiger partial charge >= 0.3 is 5.97 Å². The molecule has 1 rings (SSSR count). The van der Waals surface area contributed by atoms with Gasteiger partial charge in [0.2, 0.25) is 0 Å². The number of carboxylic acids is 1. The quantitative estimate of drug-likeness (QED) is 0.755. The summed E-state index contributed by atoms with van der Waals surface area (Å²) in [6.07, 6.45) is 5.11. The number of carbonyl (C=O) groups is 1. The summed E-state index contributed by atoms with van der Waals surface area (Å²) < 4.78 is 0.965. The molecule has 0 bridgehead atoms. The van der Waals surface area contributed by atoms with Crippen molar-refractivity contribution in [3.63, 3.8) is 0 Å². The van der Waals surface area contributed by atoms with E-state index in [1.165, 1.54) is 0 Å². The minimum absolute atomic E-state index is 0.387. The van der Waals surface area contributed by atoms with Crippen LogP contribution in [0.1, 0.15) is 26.7 Å². The maximum absolute atomic E-state index is 10.4. The number of halogens is 1. The van der Waals surface area contributed by atoms with Crippen LogP contribution in [0.3, 0.4) is 0 Å². The van der Waals surface area contributed by atoms with Crippen molar-refractivity contribution in [2.24, 2.45) is 0 Å². The predicted molar refractivity (Wildman–Crippen MR) is 53.3 cm³/mol. The van der Waals surface area contributed by atoms with Crippen molar-refractivity contribution in [3.05, 3.63) is 22.2 Å². The van der Waals surface area contributed by atoms with Crippen LogP contribution in [-0.4, -0.2) is 11.1 Å². The van der Waals surface area contributed by atoms with Gasteiger partial charge in [0.05, 0.1) is 5.57 Å². The van der Waals surface area contributed by atoms with E-state index < -0.39 is 5.97 Å². The smallest absolute Gasteiger partial charge is 0.335 e. The molecule has 12 heavy (non-hydrogen) atoms. The minimum Gasteiger partial charge on any atom is -0.478 e. The molecule has 2 nitrogen and oxygen atoms in total. The van der Waals surface area contributed by atoms with E-state index in [0.717, 1.165) is 17.3 Å². The second kappa shape index (κ2) is 6.00. The molecule has 0 aromatic rings. The molecule has 0 aromatic heterocycles. The van der Waals surface area contributed by atoms with Gasteiger partial charge in [0, 0.05) is 0 Å². The zero-order valence-electron chi connectivity index (χ0n) is 7.30. The van der Waals surface area contributed by atoms with Crippen LogP contribution in [0.25, 0.3) is 0 Å². The Kier molecular flexibility index (Phi) is 5.72. The summed E-state index contributed by atoms with van der Waals surface area (Å²) in [5, 5.41) is 8.52. The first-order chi connectivity index (χ1) is 5.70. The molecule has 0 amide bonds. The van der Waals surface area contributed by atoms with E-state index in [4.69, 9.17) is 5.11 Å². The third-order valence-corrected chi connectivity index (χ3v) is 1.93. The van der Waals surface area contributed by atoms with Crippen molar-refractivity contribution in [3.8, 4) is 0 Å². The number of carboxylic acid groups (broad SMARTS) is 1. The van der Waals surface area contributed by atoms with Crippen molar-refractivity contribution in [2.75, 3.05) is 0 Å². The summed E-state index contributed by atoms with van der Waals surface area (Å²) in [4.78, 5) is 10.4. The number of rotatable bonds is 1. The van der Waals surface area contributed by atoms with Gasteiger partial charge in [-0.3, -0.25) is 0 Å². The Morgan fingerprint density at radius 2 is 2.17 bits per heavy atom. The molecular weight excluding hydrogens is 220 g/mol. The highest BCUT2D eigenvalue weighted by Crippen LogP contribution is 2.21. The zero-order valence-corrected chi connectivity index (χ0v) is 8.89. The first-order valence-corrected chi connectivity index (χ1v) is 4.79. The molecule has 68 valence electrons. The molecule has 1 aliphatic rings. The maximum Gasteiger partial charge on any atom is 0.335 e. The number of aliphatic carboxylic acids is 1. The van der Waals surface area contributed by atoms with Crippen molar-refractivity contribution in [1.82, 2.24) is 0 Å². The Morgan fingerprint density at radius 1 is 1.58 bits per heavy atom. The fraction of sp³-hybridized carbons (Fsp3) is 0.444. The van der Waals surface area contributed by atoms with Crippen LogP contribution in [0.4, 0.5) is 0 Å². The number of allylic oxidation sites excluding steroid dienone is 2. The SMILES string of the molecule is CC.O=C(O)C1=CCCC(Br)=C1. The molecule has 0 aromatic carbocycles. The zero-order chi connectivity index (χ0) is 9.56. The van der Waals surface area contributed by atoms with Crippen molar-refractivity contribution >= 4 is 21.9 Å². The lowest BCUT2D eigenvalue weighted by molar-refractivity contribution is -0.132. The highest BCUT2D eigenvalue weighted by atomic mass is 79.9. The first kappa shape index (κ1) is 11.4. The largest absolute Gasteiger partial charge is 0.478 e. The lowest BCUT2D eigenvalue weighted by Gasteiger charge is -2.04. The average Bonchev–Trinajstić information content (AvgIpc) is 2.08. The van der Waals surface area contributed by atoms with Crippen LogP contribution in [-0.2, 0) is 4.79 Å². The van der Waals surface area contributed by atoms with E-state index in [1.54, 1.807) is 12.2 Å². The van der Waals surface area contributed by atoms with E-state index in [1.807, 2.05) is 13.8 Å². The molecule has 0 saturated heterocycles. The molecule has 0 heterocycles. The monoisotopic (exact) mass is 232 g/mol. The van der Waals surface area contributed by atoms with Crippen LogP contribution in [0.2, 0.25) is 0 Å². The van der Waals surface area contributed by atoms with Crippen molar-refractivity contribution < 1.29 is 9.90 Å². The molecular formula is C9H13BrO2. The van der Waals surface area contributed by atoms with Gasteiger partial charge in [-0.25, -0.2) is 4.79 Å². The van der Waals surface area contributed by atoms with Crippen LogP contribution in [0, 0.1) is 0 Å². The molecule has 0 aliphatic heterocycles. The number of hydrogen-bond donors (Lipinski definition) is 1. The predicted octanol–water partition coefficient (Wildman–Crippen LogP) is 3.10. The molecule has 1 aliphatic carbocycles. The summed E-state index contributed by atoms with van der Waals surface area (Å²) in [7, 11) is 0. The average molecular weight is 233 g/mol. The van der Waals surface area contributed by atoms with Gasteiger partial charge in [0.25, 0.3) is 0 Å². The molecule has 0 atom stereocenters. The molecule has 0 fully saturated rings. The Bertz CT molecular complexity index is 217. The molecule has 0 saturated carbocycles. The maximum atomic E-state index is 10.4. The lowest BCUT2D eigenvalue weighted by Crippen LogP contribution is -2.00. The van der Waals surface area contributed by atoms with Gasteiger partial charge in [-0.05, 0) is 23.4 Å². The molecule has 0 unspecified atom stereocenters. The Hall–Kier alpha value is -0.570. The Morgan fingerprint density at radius 3 is 2.50 bits per heavy atom. The van der Waals surface area contributed by atoms with Crippen LogP contribution in [0.15, 0.2) is 22.2 Å². The van der Waals surface area contributed by atoms with E-state index in [-0.39, 0.29) is 0 Å². The first-order valence-electron chi connectivity index (χ1n) is 3.99. The van der Waals surface area contributed by atoms with E-state index >= 15 is 0 Å². The van der Waals surface area contributed by atoms with Gasteiger partial charge in [-0.15, -0.1) is 0 Å². The Labute approximate surface area is 81.1 Å². The van der Waals surface area contributed by atoms with Crippen LogP contribution in [0.5, 0.6) is 0 Å². The summed E-state index contributed by atoms with van der Waals surface area (Å²) in [6.45, 7) is 4.00. The van der Waals surface area contributed by atoms with Crippen molar-refractivity contribution in [1.29, 1.82) is 0 Å². The van der Waals surface area contributed by atoms with Gasteiger partial charge in [-0.2, -0.15) is 0 Å². The molecule has 0 spiro atoms. The summed E-state index contributed by atoms with van der Waals surface area (Å²) >= 11 is 3.25. The molecule has 1 N–H and O–H groups in total. The second-order valence-corrected chi connectivity index (χ2v) is 3.11. The van der Waals surface area contributed by atoms with Gasteiger partial charge in [-0.1, -0.05) is 35.9 Å². The fourth-order valence-corrected chi connectivity index (χ4v) is 1.29. The standard InChI is InChI=1S/C7H7BrO2.C2H6/c8-6-3-1-2-5(4-6)7(9)10;1-2/h2,4H,1,3H2,(H,9,10);1-2H3. The highest BCUT2D eigenvalue weighted by Gasteiger charge is 2.08. The van der Waals surface area contributed by atoms with Crippen molar-refractivity contribution in [2.45, 2.75) is 26.7 Å². The van der Waals surface area contributed by atoms with E-state index in [0.29, 0.717) is 5.57 Å². The molecule has 3 heteroatoms. The Balaban J connectivity index is 0.000000561. The highest BCUT2D eigenvalue weighted by molar-refractivity contribution is 9.11. The van der Waals surface area contributed by atoms with E-state index in [2.05, 4.69) is 15.9 Å². The summed E-state index contributed by atoms with van der Waals surface area (Å²) in [5.41, 5.74) is 0.387. The lowest BCUT2D eigenvalue weighted by atomic mass is 10.1. The third kappa shape index (κ3) is 3.72. The topological polar surface area (TPSA) is 37.3 Å². The fourth-order valence-electron chi connectivity index (χ4n) is 0.814. The third-order valence-electron chi connectivity index (χ3n) is 1.31. The van der Waals surface area contributed by atoms with Crippen LogP contribution < -0.4 is 0 Å². The van der Waals surface area contributed by atoms with Gasteiger partial charge in [0.15, 0.2) is 0 Å². The van der Waals surface area contributed by atoms with Gasteiger partial charge < -0.3 is 5.11 Å². The normalized spacial score (nSPS) is 15.2.